The average molecular weight is 536 g/mol. The minimum atomic E-state index is -1.94. The van der Waals surface area contributed by atoms with Crippen LogP contribution in [0.15, 0.2) is 57.3 Å². The zero-order valence-electron chi connectivity index (χ0n) is 20.6. The molecule has 10 nitrogen and oxygen atoms in total. The summed E-state index contributed by atoms with van der Waals surface area (Å²) in [5.41, 5.74) is -1.69. The van der Waals surface area contributed by atoms with Crippen LogP contribution in [0, 0.1) is 5.92 Å². The summed E-state index contributed by atoms with van der Waals surface area (Å²) in [7, 11) is 2.82. The lowest BCUT2D eigenvalue weighted by Gasteiger charge is -2.42. The van der Waals surface area contributed by atoms with Gasteiger partial charge in [-0.2, -0.15) is 0 Å². The third-order valence-electron chi connectivity index (χ3n) is 7.50. The Kier molecular flexibility index (Phi) is 5.29. The first-order valence-electron chi connectivity index (χ1n) is 11.9. The van der Waals surface area contributed by atoms with Crippen molar-refractivity contribution in [3.05, 3.63) is 90.2 Å². The fourth-order valence-electron chi connectivity index (χ4n) is 5.76. The number of aromatic nitrogens is 2. The van der Waals surface area contributed by atoms with Crippen molar-refractivity contribution in [2.45, 2.75) is 24.9 Å². The van der Waals surface area contributed by atoms with Gasteiger partial charge in [0.1, 0.15) is 27.9 Å². The maximum absolute atomic E-state index is 14.6. The molecule has 0 saturated heterocycles. The minimum Gasteiger partial charge on any atom is -0.496 e. The number of H-pyrrole nitrogens is 2. The number of benzene rings is 2. The number of Topliss-reactive ketones (excluding diaryl/α,β-unsaturated/α-hetero) is 2. The Bertz CT molecular complexity index is 1690. The van der Waals surface area contributed by atoms with Gasteiger partial charge in [-0.1, -0.05) is 48.9 Å². The van der Waals surface area contributed by atoms with E-state index in [1.54, 1.807) is 31.2 Å². The zero-order valence-corrected chi connectivity index (χ0v) is 21.3. The van der Waals surface area contributed by atoms with E-state index in [9.17, 15) is 19.2 Å². The molecule has 1 spiro atoms. The molecule has 0 radical (unpaired) electrons. The van der Waals surface area contributed by atoms with Gasteiger partial charge in [0.05, 0.1) is 19.8 Å². The fraction of sp³-hybridized carbons (Fsp3) is 0.259. The second-order valence-corrected chi connectivity index (χ2v) is 9.84. The van der Waals surface area contributed by atoms with Crippen LogP contribution in [0.2, 0.25) is 5.02 Å². The highest BCUT2D eigenvalue weighted by Crippen LogP contribution is 2.56. The number of aromatic amines is 2. The molecule has 2 aliphatic heterocycles. The van der Waals surface area contributed by atoms with Crippen LogP contribution >= 0.6 is 11.6 Å². The third-order valence-corrected chi connectivity index (χ3v) is 7.85. The summed E-state index contributed by atoms with van der Waals surface area (Å²) >= 11 is 6.54. The van der Waals surface area contributed by atoms with E-state index in [1.807, 2.05) is 6.07 Å². The van der Waals surface area contributed by atoms with Crippen molar-refractivity contribution < 1.29 is 23.8 Å². The van der Waals surface area contributed by atoms with Crippen molar-refractivity contribution in [3.63, 3.8) is 0 Å². The van der Waals surface area contributed by atoms with Crippen LogP contribution in [-0.2, 0) is 4.79 Å². The molecule has 3 heterocycles. The van der Waals surface area contributed by atoms with E-state index in [-0.39, 0.29) is 51.2 Å². The summed E-state index contributed by atoms with van der Waals surface area (Å²) in [5, 5.41) is 3.13. The first-order chi connectivity index (χ1) is 18.2. The molecular weight excluding hydrogens is 514 g/mol. The van der Waals surface area contributed by atoms with Gasteiger partial charge in [-0.25, -0.2) is 4.79 Å². The Hall–Kier alpha value is -4.31. The maximum Gasteiger partial charge on any atom is 0.327 e. The summed E-state index contributed by atoms with van der Waals surface area (Å²) in [4.78, 5) is 58.7. The predicted molar refractivity (Wildman–Crippen MR) is 138 cm³/mol. The van der Waals surface area contributed by atoms with Gasteiger partial charge < -0.3 is 19.5 Å². The second kappa shape index (κ2) is 8.35. The number of ketones is 2. The monoisotopic (exact) mass is 535 g/mol. The predicted octanol–water partition coefficient (Wildman–Crippen LogP) is 3.17. The molecule has 3 unspecified atom stereocenters. The quantitative estimate of drug-likeness (QED) is 0.435. The molecule has 0 saturated carbocycles. The summed E-state index contributed by atoms with van der Waals surface area (Å²) in [6, 6.07) is 10.4. The topological polar surface area (TPSA) is 140 Å². The molecule has 0 fully saturated rings. The number of carbonyl (C=O) groups excluding carboxylic acids is 2. The maximum atomic E-state index is 14.6. The number of allylic oxidation sites excluding steroid dienone is 1. The number of nitrogens with one attached hydrogen (secondary N) is 3. The third kappa shape index (κ3) is 3.06. The van der Waals surface area contributed by atoms with Crippen LogP contribution < -0.4 is 30.8 Å². The second-order valence-electron chi connectivity index (χ2n) is 9.46. The highest BCUT2D eigenvalue weighted by Gasteiger charge is 2.63. The molecule has 3 aliphatic rings. The number of carbonyl (C=O) groups is 2. The van der Waals surface area contributed by atoms with Gasteiger partial charge in [0.15, 0.2) is 5.75 Å². The van der Waals surface area contributed by atoms with Gasteiger partial charge in [0, 0.05) is 29.2 Å². The van der Waals surface area contributed by atoms with Crippen molar-refractivity contribution >= 4 is 29.0 Å². The summed E-state index contributed by atoms with van der Waals surface area (Å²) in [5.74, 6) is -2.06. The van der Waals surface area contributed by atoms with Gasteiger partial charge >= 0.3 is 5.69 Å². The normalized spacial score (nSPS) is 23.4. The molecule has 3 aromatic rings. The first-order valence-corrected chi connectivity index (χ1v) is 12.2. The number of hydrogen-bond donors (Lipinski definition) is 3. The molecule has 0 amide bonds. The van der Waals surface area contributed by atoms with Gasteiger partial charge in [-0.05, 0) is 12.0 Å². The van der Waals surface area contributed by atoms with Crippen LogP contribution in [0.1, 0.15) is 40.7 Å². The van der Waals surface area contributed by atoms with E-state index < -0.39 is 40.3 Å². The van der Waals surface area contributed by atoms with E-state index in [4.69, 9.17) is 25.8 Å². The Morgan fingerprint density at radius 2 is 1.71 bits per heavy atom. The molecule has 2 aromatic carbocycles. The number of methoxy groups -OCH3 is 2. The Morgan fingerprint density at radius 1 is 1.00 bits per heavy atom. The number of anilines is 1. The van der Waals surface area contributed by atoms with Crippen molar-refractivity contribution in [1.29, 1.82) is 0 Å². The highest BCUT2D eigenvalue weighted by atomic mass is 35.5. The number of halogens is 1. The van der Waals surface area contributed by atoms with E-state index in [0.29, 0.717) is 11.3 Å². The Balaban J connectivity index is 1.58. The number of fused-ring (bicyclic) bond motifs is 2. The van der Waals surface area contributed by atoms with Crippen molar-refractivity contribution in [1.82, 2.24) is 9.97 Å². The molecule has 3 N–H and O–H groups in total. The summed E-state index contributed by atoms with van der Waals surface area (Å²) in [6.45, 7) is 1.73. The van der Waals surface area contributed by atoms with E-state index in [0.717, 1.165) is 0 Å². The molecule has 6 rings (SSSR count). The summed E-state index contributed by atoms with van der Waals surface area (Å²) < 4.78 is 17.0. The molecule has 3 atom stereocenters. The minimum absolute atomic E-state index is 0.0136. The van der Waals surface area contributed by atoms with E-state index in [1.165, 1.54) is 20.3 Å². The van der Waals surface area contributed by atoms with Crippen LogP contribution in [-0.4, -0.2) is 41.4 Å². The van der Waals surface area contributed by atoms with E-state index >= 15 is 0 Å². The van der Waals surface area contributed by atoms with Crippen molar-refractivity contribution in [2.24, 2.45) is 5.92 Å². The van der Waals surface area contributed by atoms with E-state index in [2.05, 4.69) is 15.3 Å². The SMILES string of the molecule is COc1cc(OC)c2c(c1Cl)OC1(C(=O)C3=C(CC1C)Nc1[nH]c(=O)[nH]c(=O)c1C3c1ccccc1)C2=O. The molecule has 1 aliphatic carbocycles. The first kappa shape index (κ1) is 24.1. The van der Waals surface area contributed by atoms with Crippen LogP contribution in [0.3, 0.4) is 0 Å². The molecule has 1 aromatic heterocycles. The van der Waals surface area contributed by atoms with Gasteiger partial charge in [-0.3, -0.25) is 24.4 Å². The lowest BCUT2D eigenvalue weighted by Crippen LogP contribution is -2.58. The lowest BCUT2D eigenvalue weighted by molar-refractivity contribution is -0.130. The fourth-order valence-corrected chi connectivity index (χ4v) is 6.03. The smallest absolute Gasteiger partial charge is 0.327 e. The number of hydrogen-bond acceptors (Lipinski definition) is 8. The number of rotatable bonds is 3. The van der Waals surface area contributed by atoms with Crippen LogP contribution in [0.25, 0.3) is 0 Å². The van der Waals surface area contributed by atoms with Gasteiger partial charge in [0.2, 0.25) is 17.2 Å². The molecule has 11 heteroatoms. The Morgan fingerprint density at radius 3 is 2.39 bits per heavy atom. The van der Waals surface area contributed by atoms with Crippen LogP contribution in [0.4, 0.5) is 5.82 Å². The van der Waals surface area contributed by atoms with Crippen molar-refractivity contribution in [2.75, 3.05) is 19.5 Å². The Labute approximate surface area is 220 Å². The number of ether oxygens (including phenoxy) is 3. The summed E-state index contributed by atoms with van der Waals surface area (Å²) in [6.07, 6.45) is 0.218. The average Bonchev–Trinajstić information content (AvgIpc) is 3.22. The molecule has 194 valence electrons. The van der Waals surface area contributed by atoms with Gasteiger partial charge in [0.25, 0.3) is 5.56 Å². The highest BCUT2D eigenvalue weighted by molar-refractivity contribution is 6.36. The molecular formula is C27H22ClN3O7. The van der Waals surface area contributed by atoms with Crippen LogP contribution in [0.5, 0.6) is 17.2 Å². The zero-order chi connectivity index (χ0) is 26.9. The standard InChI is InChI=1S/C27H22ClN3O7/c1-11-9-13-17(16(12-7-5-4-6-8-12)19-24(29-13)30-26(35)31-25(19)34)22(32)27(11)23(33)18-14(36-2)10-15(37-3)20(28)21(18)38-27/h4-8,10-11,16H,9H2,1-3H3,(H3,29,30,31,34,35). The largest absolute Gasteiger partial charge is 0.496 e. The molecule has 38 heavy (non-hydrogen) atoms. The molecule has 0 bridgehead atoms. The lowest BCUT2D eigenvalue weighted by atomic mass is 9.66. The van der Waals surface area contributed by atoms with Crippen molar-refractivity contribution in [3.8, 4) is 17.2 Å². The van der Waals surface area contributed by atoms with Gasteiger partial charge in [-0.15, -0.1) is 0 Å².